The number of hydrogen-bond acceptors (Lipinski definition) is 3. The highest BCUT2D eigenvalue weighted by atomic mass is 35.5. The first-order chi connectivity index (χ1) is 14.0. The monoisotopic (exact) mass is 454 g/mol. The SMILES string of the molecule is COC(C)(C)CCCC(C)Cc1nn(-c2cc(Cl)ccc2Cl)c(C(C)C)c1C(=O)O. The topological polar surface area (TPSA) is 64.4 Å². The second kappa shape index (κ2) is 10.2. The molecule has 0 spiro atoms. The van der Waals surface area contributed by atoms with Gasteiger partial charge in [-0.05, 0) is 56.7 Å². The highest BCUT2D eigenvalue weighted by molar-refractivity contribution is 6.34. The molecule has 1 aromatic carbocycles. The van der Waals surface area contributed by atoms with E-state index in [1.807, 2.05) is 13.8 Å². The fourth-order valence-corrected chi connectivity index (χ4v) is 3.99. The molecule has 1 N–H and O–H groups in total. The van der Waals surface area contributed by atoms with Gasteiger partial charge in [-0.2, -0.15) is 5.10 Å². The maximum atomic E-state index is 12.2. The zero-order chi connectivity index (χ0) is 22.6. The minimum absolute atomic E-state index is 0.0507. The van der Waals surface area contributed by atoms with Crippen LogP contribution in [0.3, 0.4) is 0 Å². The normalized spacial score (nSPS) is 13.1. The van der Waals surface area contributed by atoms with Crippen LogP contribution in [0.5, 0.6) is 0 Å². The summed E-state index contributed by atoms with van der Waals surface area (Å²) < 4.78 is 7.14. The van der Waals surface area contributed by atoms with E-state index in [0.29, 0.717) is 33.5 Å². The molecule has 0 saturated heterocycles. The van der Waals surface area contributed by atoms with Gasteiger partial charge in [0, 0.05) is 12.1 Å². The van der Waals surface area contributed by atoms with E-state index >= 15 is 0 Å². The summed E-state index contributed by atoms with van der Waals surface area (Å²) in [7, 11) is 1.73. The van der Waals surface area contributed by atoms with E-state index in [2.05, 4.69) is 20.8 Å². The molecule has 0 aliphatic carbocycles. The Hall–Kier alpha value is -1.56. The number of nitrogens with zero attached hydrogens (tertiary/aromatic N) is 2. The van der Waals surface area contributed by atoms with Crippen LogP contribution in [0.15, 0.2) is 18.2 Å². The van der Waals surface area contributed by atoms with Gasteiger partial charge in [-0.15, -0.1) is 0 Å². The van der Waals surface area contributed by atoms with Gasteiger partial charge in [-0.25, -0.2) is 9.48 Å². The van der Waals surface area contributed by atoms with E-state index in [1.54, 1.807) is 30.0 Å². The molecule has 2 aromatic rings. The second-order valence-corrected chi connectivity index (χ2v) is 9.68. The number of benzene rings is 1. The highest BCUT2D eigenvalue weighted by Crippen LogP contribution is 2.32. The predicted octanol–water partition coefficient (Wildman–Crippen LogP) is 6.77. The Morgan fingerprint density at radius 3 is 2.50 bits per heavy atom. The van der Waals surface area contributed by atoms with Gasteiger partial charge in [0.2, 0.25) is 0 Å². The summed E-state index contributed by atoms with van der Waals surface area (Å²) in [4.78, 5) is 12.2. The van der Waals surface area contributed by atoms with Crippen LogP contribution in [-0.4, -0.2) is 33.6 Å². The van der Waals surface area contributed by atoms with Gasteiger partial charge in [0.25, 0.3) is 0 Å². The van der Waals surface area contributed by atoms with Gasteiger partial charge in [-0.1, -0.05) is 56.8 Å². The number of methoxy groups -OCH3 is 1. The number of ether oxygens (including phenoxy) is 1. The third-order valence-corrected chi connectivity index (χ3v) is 6.02. The molecule has 0 radical (unpaired) electrons. The summed E-state index contributed by atoms with van der Waals surface area (Å²) in [5, 5.41) is 15.7. The standard InChI is InChI=1S/C23H32Cl2N2O3/c1-14(2)21-20(22(28)29)18(12-15(3)8-7-11-23(4,5)30-6)26-27(21)19-13-16(24)9-10-17(19)25/h9-10,13-15H,7-8,11-12H2,1-6H3,(H,28,29). The lowest BCUT2D eigenvalue weighted by Crippen LogP contribution is -2.22. The van der Waals surface area contributed by atoms with Gasteiger partial charge >= 0.3 is 5.97 Å². The van der Waals surface area contributed by atoms with Crippen molar-refractivity contribution in [1.29, 1.82) is 0 Å². The molecule has 1 aromatic heterocycles. The summed E-state index contributed by atoms with van der Waals surface area (Å²) >= 11 is 12.6. The Balaban J connectivity index is 2.38. The minimum Gasteiger partial charge on any atom is -0.478 e. The van der Waals surface area contributed by atoms with Crippen molar-refractivity contribution in [1.82, 2.24) is 9.78 Å². The number of aromatic carboxylic acids is 1. The molecule has 0 aliphatic rings. The Morgan fingerprint density at radius 2 is 1.93 bits per heavy atom. The predicted molar refractivity (Wildman–Crippen MR) is 122 cm³/mol. The quantitative estimate of drug-likeness (QED) is 0.429. The van der Waals surface area contributed by atoms with Crippen molar-refractivity contribution in [3.05, 3.63) is 45.2 Å². The Bertz CT molecular complexity index is 891. The van der Waals surface area contributed by atoms with E-state index in [9.17, 15) is 9.90 Å². The Kier molecular flexibility index (Phi) is 8.37. The lowest BCUT2D eigenvalue weighted by Gasteiger charge is -2.23. The van der Waals surface area contributed by atoms with Crippen LogP contribution in [0.2, 0.25) is 10.0 Å². The third-order valence-electron chi connectivity index (χ3n) is 5.46. The maximum absolute atomic E-state index is 12.2. The number of carbonyl (C=O) groups is 1. The van der Waals surface area contributed by atoms with Crippen molar-refractivity contribution in [2.24, 2.45) is 5.92 Å². The van der Waals surface area contributed by atoms with Crippen molar-refractivity contribution < 1.29 is 14.6 Å². The van der Waals surface area contributed by atoms with E-state index in [1.165, 1.54) is 0 Å². The first-order valence-electron chi connectivity index (χ1n) is 10.3. The number of hydrogen-bond donors (Lipinski definition) is 1. The summed E-state index contributed by atoms with van der Waals surface area (Å²) in [6.45, 7) is 10.2. The van der Waals surface area contributed by atoms with Crippen molar-refractivity contribution in [2.45, 2.75) is 71.8 Å². The first-order valence-corrected chi connectivity index (χ1v) is 11.1. The largest absolute Gasteiger partial charge is 0.478 e. The molecule has 0 amide bonds. The van der Waals surface area contributed by atoms with E-state index in [4.69, 9.17) is 33.0 Å². The molecule has 5 nitrogen and oxygen atoms in total. The summed E-state index contributed by atoms with van der Waals surface area (Å²) in [6, 6.07) is 5.12. The number of halogens is 2. The van der Waals surface area contributed by atoms with Crippen molar-refractivity contribution in [2.75, 3.05) is 7.11 Å². The zero-order valence-corrected chi connectivity index (χ0v) is 20.1. The highest BCUT2D eigenvalue weighted by Gasteiger charge is 2.28. The number of carboxylic acid groups (broad SMARTS) is 1. The fourth-order valence-electron chi connectivity index (χ4n) is 3.63. The van der Waals surface area contributed by atoms with Crippen LogP contribution >= 0.6 is 23.2 Å². The van der Waals surface area contributed by atoms with Crippen LogP contribution in [0.1, 0.15) is 81.5 Å². The molecule has 0 aliphatic heterocycles. The molecule has 166 valence electrons. The third kappa shape index (κ3) is 5.99. The van der Waals surface area contributed by atoms with Gasteiger partial charge < -0.3 is 9.84 Å². The van der Waals surface area contributed by atoms with Crippen LogP contribution in [0, 0.1) is 5.92 Å². The van der Waals surface area contributed by atoms with Crippen LogP contribution in [0.25, 0.3) is 5.69 Å². The molecule has 1 heterocycles. The summed E-state index contributed by atoms with van der Waals surface area (Å²) in [5.41, 5.74) is 1.93. The zero-order valence-electron chi connectivity index (χ0n) is 18.6. The summed E-state index contributed by atoms with van der Waals surface area (Å²) in [6.07, 6.45) is 3.50. The van der Waals surface area contributed by atoms with Crippen LogP contribution < -0.4 is 0 Å². The van der Waals surface area contributed by atoms with Gasteiger partial charge in [0.1, 0.15) is 5.56 Å². The Labute approximate surface area is 189 Å². The number of rotatable bonds is 10. The molecule has 30 heavy (non-hydrogen) atoms. The summed E-state index contributed by atoms with van der Waals surface area (Å²) in [5.74, 6) is -0.732. The molecule has 1 unspecified atom stereocenters. The van der Waals surface area contributed by atoms with Crippen molar-refractivity contribution in [3.63, 3.8) is 0 Å². The van der Waals surface area contributed by atoms with Crippen LogP contribution in [0.4, 0.5) is 0 Å². The number of carboxylic acids is 1. The van der Waals surface area contributed by atoms with Crippen molar-refractivity contribution in [3.8, 4) is 5.69 Å². The van der Waals surface area contributed by atoms with Gasteiger partial charge in [-0.3, -0.25) is 0 Å². The lowest BCUT2D eigenvalue weighted by atomic mass is 9.92. The molecule has 7 heteroatoms. The average molecular weight is 455 g/mol. The molecule has 1 atom stereocenters. The molecule has 2 rings (SSSR count). The van der Waals surface area contributed by atoms with E-state index in [0.717, 1.165) is 19.3 Å². The molecule has 0 fully saturated rings. The van der Waals surface area contributed by atoms with Crippen LogP contribution in [-0.2, 0) is 11.2 Å². The van der Waals surface area contributed by atoms with E-state index < -0.39 is 5.97 Å². The maximum Gasteiger partial charge on any atom is 0.339 e. The van der Waals surface area contributed by atoms with Crippen molar-refractivity contribution >= 4 is 29.2 Å². The smallest absolute Gasteiger partial charge is 0.339 e. The minimum atomic E-state index is -0.967. The molecular formula is C23H32Cl2N2O3. The first kappa shape index (κ1) is 24.7. The average Bonchev–Trinajstić information content (AvgIpc) is 3.02. The second-order valence-electron chi connectivity index (χ2n) is 8.84. The van der Waals surface area contributed by atoms with Gasteiger partial charge in [0.05, 0.1) is 27.7 Å². The molecule has 0 bridgehead atoms. The number of aromatic nitrogens is 2. The van der Waals surface area contributed by atoms with E-state index in [-0.39, 0.29) is 23.0 Å². The Morgan fingerprint density at radius 1 is 1.27 bits per heavy atom. The lowest BCUT2D eigenvalue weighted by molar-refractivity contribution is 0.0127. The molecule has 0 saturated carbocycles. The van der Waals surface area contributed by atoms with Gasteiger partial charge in [0.15, 0.2) is 0 Å². The molecular weight excluding hydrogens is 423 g/mol. The fraction of sp³-hybridized carbons (Fsp3) is 0.565.